The SMILES string of the molecule is Cc1cc(C)cc(-c2ccc3c4ccccc4n(-c4cc(-c5nc(C)nc(C)n5)cc(-n5c6ccccc6c6ccc(-c7cc(C)cc(C)c7)cc65)c4C#N)c3c2)c1. The van der Waals surface area contributed by atoms with Gasteiger partial charge in [-0.3, -0.25) is 0 Å². The van der Waals surface area contributed by atoms with Crippen molar-refractivity contribution >= 4 is 43.6 Å². The van der Waals surface area contributed by atoms with Gasteiger partial charge in [0.1, 0.15) is 23.3 Å². The Kier molecular flexibility index (Phi) is 8.10. The molecule has 3 heterocycles. The van der Waals surface area contributed by atoms with E-state index in [0.29, 0.717) is 23.0 Å². The highest BCUT2D eigenvalue weighted by Gasteiger charge is 2.24. The van der Waals surface area contributed by atoms with E-state index in [1.807, 2.05) is 13.8 Å². The molecule has 0 saturated carbocycles. The highest BCUT2D eigenvalue weighted by molar-refractivity contribution is 6.12. The van der Waals surface area contributed by atoms with Crippen molar-refractivity contribution in [1.29, 1.82) is 5.26 Å². The second-order valence-corrected chi connectivity index (χ2v) is 15.7. The maximum atomic E-state index is 11.5. The molecule has 0 aliphatic heterocycles. The van der Waals surface area contributed by atoms with E-state index in [4.69, 9.17) is 9.97 Å². The third-order valence-corrected chi connectivity index (χ3v) is 11.3. The largest absolute Gasteiger partial charge is 0.308 e. The van der Waals surface area contributed by atoms with Crippen LogP contribution in [-0.4, -0.2) is 24.1 Å². The standard InChI is InChI=1S/C52H40N6/c1-30-19-31(2)22-38(21-30)36-15-17-43-41-11-7-9-13-46(41)57(48(43)25-36)50-27-40(52-55-34(5)54-35(6)56-52)28-51(45(50)29-53)58-47-14-10-8-12-42(47)44-18-16-37(26-49(44)58)39-23-32(3)20-33(4)24-39/h7-28H,1-6H3. The van der Waals surface area contributed by atoms with E-state index < -0.39 is 0 Å². The second-order valence-electron chi connectivity index (χ2n) is 15.7. The van der Waals surface area contributed by atoms with Crippen molar-refractivity contribution in [3.8, 4) is 51.1 Å². The number of benzene rings is 7. The average Bonchev–Trinajstić information content (AvgIpc) is 3.71. The average molecular weight is 749 g/mol. The zero-order valence-electron chi connectivity index (χ0n) is 33.4. The first-order valence-corrected chi connectivity index (χ1v) is 19.7. The number of hydrogen-bond acceptors (Lipinski definition) is 4. The number of aryl methyl sites for hydroxylation is 6. The number of rotatable bonds is 5. The first-order chi connectivity index (χ1) is 28.1. The van der Waals surface area contributed by atoms with Gasteiger partial charge in [0.15, 0.2) is 5.82 Å². The molecule has 0 atom stereocenters. The molecule has 10 aromatic rings. The molecule has 6 heteroatoms. The molecule has 0 radical (unpaired) electrons. The van der Waals surface area contributed by atoms with Crippen molar-refractivity contribution in [3.05, 3.63) is 173 Å². The third-order valence-electron chi connectivity index (χ3n) is 11.3. The minimum atomic E-state index is 0.546. The number of para-hydroxylation sites is 2. The zero-order valence-corrected chi connectivity index (χ0v) is 33.4. The van der Waals surface area contributed by atoms with Crippen LogP contribution in [0.1, 0.15) is 39.5 Å². The highest BCUT2D eigenvalue weighted by Crippen LogP contribution is 2.41. The summed E-state index contributed by atoms with van der Waals surface area (Å²) in [4.78, 5) is 14.3. The number of nitrogens with zero attached hydrogens (tertiary/aromatic N) is 6. The summed E-state index contributed by atoms with van der Waals surface area (Å²) >= 11 is 0. The first kappa shape index (κ1) is 35.1. The summed E-state index contributed by atoms with van der Waals surface area (Å²) in [6, 6.07) is 50.6. The van der Waals surface area contributed by atoms with Gasteiger partial charge in [-0.15, -0.1) is 0 Å². The molecule has 6 nitrogen and oxygen atoms in total. The molecular formula is C52H40N6. The van der Waals surface area contributed by atoms with E-state index in [9.17, 15) is 5.26 Å². The van der Waals surface area contributed by atoms with E-state index in [-0.39, 0.29) is 0 Å². The van der Waals surface area contributed by atoms with Gasteiger partial charge in [-0.25, -0.2) is 15.0 Å². The Morgan fingerprint density at radius 3 is 1.24 bits per heavy atom. The Hall–Kier alpha value is -7.36. The van der Waals surface area contributed by atoms with Crippen molar-refractivity contribution in [2.24, 2.45) is 0 Å². The minimum absolute atomic E-state index is 0.546. The monoisotopic (exact) mass is 748 g/mol. The fourth-order valence-corrected chi connectivity index (χ4v) is 9.05. The molecule has 3 aromatic heterocycles. The van der Waals surface area contributed by atoms with Crippen LogP contribution < -0.4 is 0 Å². The van der Waals surface area contributed by atoms with Crippen LogP contribution in [0.5, 0.6) is 0 Å². The summed E-state index contributed by atoms with van der Waals surface area (Å²) in [7, 11) is 0. The summed E-state index contributed by atoms with van der Waals surface area (Å²) in [6.45, 7) is 12.4. The van der Waals surface area contributed by atoms with Crippen molar-refractivity contribution in [2.45, 2.75) is 41.5 Å². The number of hydrogen-bond donors (Lipinski definition) is 0. The van der Waals surface area contributed by atoms with Crippen LogP contribution in [-0.2, 0) is 0 Å². The van der Waals surface area contributed by atoms with Gasteiger partial charge < -0.3 is 9.13 Å². The fraction of sp³-hybridized carbons (Fsp3) is 0.115. The lowest BCUT2D eigenvalue weighted by molar-refractivity contribution is 0.927. The molecule has 0 saturated heterocycles. The van der Waals surface area contributed by atoms with Crippen LogP contribution in [0, 0.1) is 52.9 Å². The Labute approximate surface area is 337 Å². The number of fused-ring (bicyclic) bond motifs is 6. The van der Waals surface area contributed by atoms with Crippen molar-refractivity contribution < 1.29 is 0 Å². The van der Waals surface area contributed by atoms with Crippen LogP contribution >= 0.6 is 0 Å². The van der Waals surface area contributed by atoms with Crippen LogP contribution in [0.25, 0.3) is 88.6 Å². The third kappa shape index (κ3) is 5.74. The lowest BCUT2D eigenvalue weighted by Gasteiger charge is -2.18. The van der Waals surface area contributed by atoms with Crippen molar-refractivity contribution in [1.82, 2.24) is 24.1 Å². The Morgan fingerprint density at radius 1 is 0.397 bits per heavy atom. The summed E-state index contributed by atoms with van der Waals surface area (Å²) in [5.74, 6) is 1.84. The van der Waals surface area contributed by atoms with Crippen LogP contribution in [0.2, 0.25) is 0 Å². The summed E-state index contributed by atoms with van der Waals surface area (Å²) < 4.78 is 4.52. The maximum Gasteiger partial charge on any atom is 0.163 e. The van der Waals surface area contributed by atoms with E-state index in [2.05, 4.69) is 181 Å². The van der Waals surface area contributed by atoms with E-state index in [0.717, 1.165) is 82.8 Å². The maximum absolute atomic E-state index is 11.5. The molecule has 0 amide bonds. The fourth-order valence-electron chi connectivity index (χ4n) is 9.05. The van der Waals surface area contributed by atoms with Gasteiger partial charge in [-0.05, 0) is 100 Å². The van der Waals surface area contributed by atoms with Crippen LogP contribution in [0.3, 0.4) is 0 Å². The first-order valence-electron chi connectivity index (χ1n) is 19.7. The van der Waals surface area contributed by atoms with Gasteiger partial charge in [0.2, 0.25) is 0 Å². The van der Waals surface area contributed by atoms with Crippen molar-refractivity contribution in [2.75, 3.05) is 0 Å². The Bertz CT molecular complexity index is 3120. The molecule has 10 rings (SSSR count). The molecule has 7 aromatic carbocycles. The van der Waals surface area contributed by atoms with Crippen LogP contribution in [0.15, 0.2) is 133 Å². The number of nitriles is 1. The molecule has 0 aliphatic rings. The molecule has 58 heavy (non-hydrogen) atoms. The lowest BCUT2D eigenvalue weighted by Crippen LogP contribution is -2.07. The van der Waals surface area contributed by atoms with Gasteiger partial charge in [-0.1, -0.05) is 119 Å². The lowest BCUT2D eigenvalue weighted by atomic mass is 9.99. The summed E-state index contributed by atoms with van der Waals surface area (Å²) in [6.07, 6.45) is 0. The van der Waals surface area contributed by atoms with Gasteiger partial charge in [-0.2, -0.15) is 5.26 Å². The van der Waals surface area contributed by atoms with Gasteiger partial charge >= 0.3 is 0 Å². The van der Waals surface area contributed by atoms with E-state index >= 15 is 0 Å². The second kappa shape index (κ2) is 13.4. The van der Waals surface area contributed by atoms with Gasteiger partial charge in [0.25, 0.3) is 0 Å². The summed E-state index contributed by atoms with van der Waals surface area (Å²) in [5, 5.41) is 16.0. The quantitative estimate of drug-likeness (QED) is 0.176. The predicted molar refractivity (Wildman–Crippen MR) is 238 cm³/mol. The topological polar surface area (TPSA) is 72.3 Å². The van der Waals surface area contributed by atoms with E-state index in [1.165, 1.54) is 22.3 Å². The molecule has 0 aliphatic carbocycles. The Balaban J connectivity index is 1.34. The molecule has 0 spiro atoms. The minimum Gasteiger partial charge on any atom is -0.308 e. The molecule has 278 valence electrons. The summed E-state index contributed by atoms with van der Waals surface area (Å²) in [5.41, 5.74) is 16.3. The number of aromatic nitrogens is 5. The van der Waals surface area contributed by atoms with E-state index in [1.54, 1.807) is 0 Å². The molecule has 0 bridgehead atoms. The highest BCUT2D eigenvalue weighted by atomic mass is 15.0. The van der Waals surface area contributed by atoms with Crippen LogP contribution in [0.4, 0.5) is 0 Å². The zero-order chi connectivity index (χ0) is 39.8. The van der Waals surface area contributed by atoms with Gasteiger partial charge in [0, 0.05) is 27.1 Å². The molecular weight excluding hydrogens is 709 g/mol. The van der Waals surface area contributed by atoms with Crippen molar-refractivity contribution in [3.63, 3.8) is 0 Å². The molecule has 0 unspecified atom stereocenters. The molecule has 0 N–H and O–H groups in total. The Morgan fingerprint density at radius 2 is 0.810 bits per heavy atom. The van der Waals surface area contributed by atoms with Gasteiger partial charge in [0.05, 0.1) is 33.4 Å². The molecule has 0 fully saturated rings. The normalized spacial score (nSPS) is 11.6. The predicted octanol–water partition coefficient (Wildman–Crippen LogP) is 12.8. The smallest absolute Gasteiger partial charge is 0.163 e.